The van der Waals surface area contributed by atoms with Crippen LogP contribution in [0, 0.1) is 18.2 Å². The van der Waals surface area contributed by atoms with Crippen LogP contribution in [0.2, 0.25) is 0 Å². The molecule has 8 heteroatoms. The first-order valence-electron chi connectivity index (χ1n) is 8.70. The summed E-state index contributed by atoms with van der Waals surface area (Å²) in [5.74, 6) is -0.506. The van der Waals surface area contributed by atoms with Crippen LogP contribution < -0.4 is 5.73 Å². The summed E-state index contributed by atoms with van der Waals surface area (Å²) >= 11 is 0. The van der Waals surface area contributed by atoms with Crippen LogP contribution in [-0.4, -0.2) is 41.1 Å². The number of hydrogen-bond acceptors (Lipinski definition) is 5. The molecule has 2 N–H and O–H groups in total. The lowest BCUT2D eigenvalue weighted by Gasteiger charge is -2.29. The number of nitrogens with two attached hydrogens (primary N) is 1. The Kier molecular flexibility index (Phi) is 6.41. The number of carbonyl (C=O) groups is 1. The molecule has 1 aromatic carbocycles. The highest BCUT2D eigenvalue weighted by Crippen LogP contribution is 2.28. The second kappa shape index (κ2) is 8.24. The number of aromatic nitrogens is 2. The molecule has 150 valence electrons. The number of amides is 1. The average Bonchev–Trinajstić information content (AvgIpc) is 3.01. The van der Waals surface area contributed by atoms with Crippen LogP contribution in [0.1, 0.15) is 29.9 Å². The summed E-state index contributed by atoms with van der Waals surface area (Å²) in [6.07, 6.45) is 0. The summed E-state index contributed by atoms with van der Waals surface area (Å²) in [4.78, 5) is 19.3. The number of rotatable bonds is 5. The van der Waals surface area contributed by atoms with Gasteiger partial charge in [0.1, 0.15) is 5.82 Å². The zero-order chi connectivity index (χ0) is 19.8. The molecule has 2 aromatic heterocycles. The predicted molar refractivity (Wildman–Crippen MR) is 109 cm³/mol. The molecule has 28 heavy (non-hydrogen) atoms. The fourth-order valence-electron chi connectivity index (χ4n) is 3.02. The molecular weight excluding hydrogens is 383 g/mol. The zero-order valence-electron chi connectivity index (χ0n) is 16.3. The van der Waals surface area contributed by atoms with E-state index in [1.54, 1.807) is 37.1 Å². The van der Waals surface area contributed by atoms with Crippen molar-refractivity contribution in [2.45, 2.75) is 20.8 Å². The van der Waals surface area contributed by atoms with Crippen LogP contribution in [0.5, 0.6) is 0 Å². The van der Waals surface area contributed by atoms with E-state index in [-0.39, 0.29) is 35.3 Å². The van der Waals surface area contributed by atoms with Crippen molar-refractivity contribution in [3.8, 4) is 11.3 Å². The summed E-state index contributed by atoms with van der Waals surface area (Å²) in [5, 5.41) is 4.54. The van der Waals surface area contributed by atoms with E-state index >= 15 is 0 Å². The van der Waals surface area contributed by atoms with E-state index in [0.717, 1.165) is 0 Å². The number of nitrogens with zero attached hydrogens (tertiary/aromatic N) is 3. The highest BCUT2D eigenvalue weighted by atomic mass is 35.5. The monoisotopic (exact) mass is 406 g/mol. The van der Waals surface area contributed by atoms with Gasteiger partial charge in [-0.05, 0) is 49.2 Å². The van der Waals surface area contributed by atoms with Gasteiger partial charge in [-0.1, -0.05) is 19.0 Å². The second-order valence-electron chi connectivity index (χ2n) is 7.54. The zero-order valence-corrected chi connectivity index (χ0v) is 17.1. The number of aryl methyl sites for hydroxylation is 1. The summed E-state index contributed by atoms with van der Waals surface area (Å²) in [6.45, 7) is 6.75. The molecule has 0 fully saturated rings. The lowest BCUT2D eigenvalue weighted by Crippen LogP contribution is -2.39. The Labute approximate surface area is 169 Å². The van der Waals surface area contributed by atoms with Crippen LogP contribution in [-0.2, 0) is 0 Å². The minimum Gasteiger partial charge on any atom is -0.341 e. The minimum absolute atomic E-state index is 0. The summed E-state index contributed by atoms with van der Waals surface area (Å²) in [5.41, 5.74) is 8.13. The number of benzene rings is 1. The maximum atomic E-state index is 13.2. The second-order valence-corrected chi connectivity index (χ2v) is 7.54. The Morgan fingerprint density at radius 3 is 2.54 bits per heavy atom. The lowest BCUT2D eigenvalue weighted by molar-refractivity contribution is 0.0742. The molecule has 0 saturated heterocycles. The Morgan fingerprint density at radius 2 is 1.93 bits per heavy atom. The standard InChI is InChI=1S/C20H23FN4O2.ClH/c1-12-17-15(19(26)25(4)11-20(2,3)10-22)9-16(23-18(17)27-24-12)13-5-7-14(21)8-6-13;/h5-9H,10-11,22H2,1-4H3;1H. The van der Waals surface area contributed by atoms with E-state index in [4.69, 9.17) is 10.3 Å². The number of carbonyl (C=O) groups excluding carboxylic acids is 1. The third kappa shape index (κ3) is 4.31. The van der Waals surface area contributed by atoms with Crippen molar-refractivity contribution in [2.75, 3.05) is 20.1 Å². The molecule has 3 aromatic rings. The smallest absolute Gasteiger partial charge is 0.259 e. The van der Waals surface area contributed by atoms with E-state index in [1.807, 2.05) is 13.8 Å². The van der Waals surface area contributed by atoms with E-state index in [1.165, 1.54) is 12.1 Å². The van der Waals surface area contributed by atoms with Gasteiger partial charge in [-0.3, -0.25) is 4.79 Å². The van der Waals surface area contributed by atoms with Crippen molar-refractivity contribution < 1.29 is 13.7 Å². The van der Waals surface area contributed by atoms with Gasteiger partial charge in [0.2, 0.25) is 0 Å². The first kappa shape index (κ1) is 21.8. The minimum atomic E-state index is -0.338. The molecular formula is C20H24ClFN4O2. The van der Waals surface area contributed by atoms with Gasteiger partial charge >= 0.3 is 0 Å². The van der Waals surface area contributed by atoms with Crippen molar-refractivity contribution in [1.82, 2.24) is 15.0 Å². The van der Waals surface area contributed by atoms with Gasteiger partial charge in [-0.25, -0.2) is 9.37 Å². The lowest BCUT2D eigenvalue weighted by atomic mass is 9.93. The molecule has 0 atom stereocenters. The molecule has 1 amide bonds. The maximum absolute atomic E-state index is 13.2. The van der Waals surface area contributed by atoms with Crippen molar-refractivity contribution in [3.05, 3.63) is 47.4 Å². The number of hydrogen-bond donors (Lipinski definition) is 1. The molecule has 0 aliphatic rings. The molecule has 2 heterocycles. The van der Waals surface area contributed by atoms with Gasteiger partial charge in [0.15, 0.2) is 0 Å². The Morgan fingerprint density at radius 1 is 1.29 bits per heavy atom. The molecule has 0 saturated carbocycles. The molecule has 0 bridgehead atoms. The predicted octanol–water partition coefficient (Wildman–Crippen LogP) is 3.82. The highest BCUT2D eigenvalue weighted by Gasteiger charge is 2.25. The van der Waals surface area contributed by atoms with Crippen molar-refractivity contribution in [3.63, 3.8) is 0 Å². The van der Waals surface area contributed by atoms with Gasteiger partial charge in [-0.15, -0.1) is 12.4 Å². The third-order valence-electron chi connectivity index (χ3n) is 4.55. The fourth-order valence-corrected chi connectivity index (χ4v) is 3.02. The van der Waals surface area contributed by atoms with Crippen LogP contribution in [0.3, 0.4) is 0 Å². The van der Waals surface area contributed by atoms with Gasteiger partial charge < -0.3 is 15.2 Å². The Bertz CT molecular complexity index is 986. The van der Waals surface area contributed by atoms with E-state index in [0.29, 0.717) is 41.0 Å². The molecule has 3 rings (SSSR count). The normalized spacial score (nSPS) is 11.4. The number of pyridine rings is 1. The van der Waals surface area contributed by atoms with Crippen molar-refractivity contribution >= 4 is 29.4 Å². The first-order chi connectivity index (χ1) is 12.7. The van der Waals surface area contributed by atoms with Gasteiger partial charge in [0.25, 0.3) is 11.6 Å². The van der Waals surface area contributed by atoms with Gasteiger partial charge in [0.05, 0.1) is 22.3 Å². The van der Waals surface area contributed by atoms with Crippen molar-refractivity contribution in [2.24, 2.45) is 11.1 Å². The molecule has 0 spiro atoms. The van der Waals surface area contributed by atoms with Crippen LogP contribution in [0.25, 0.3) is 22.4 Å². The largest absolute Gasteiger partial charge is 0.341 e. The highest BCUT2D eigenvalue weighted by molar-refractivity contribution is 6.06. The fraction of sp³-hybridized carbons (Fsp3) is 0.350. The maximum Gasteiger partial charge on any atom is 0.259 e. The van der Waals surface area contributed by atoms with Gasteiger partial charge in [-0.2, -0.15) is 0 Å². The van der Waals surface area contributed by atoms with E-state index in [9.17, 15) is 9.18 Å². The molecule has 0 aliphatic carbocycles. The Balaban J connectivity index is 0.00000280. The Hall–Kier alpha value is -2.51. The summed E-state index contributed by atoms with van der Waals surface area (Å²) in [6, 6.07) is 7.63. The molecule has 0 aliphatic heterocycles. The molecule has 0 unspecified atom stereocenters. The number of fused-ring (bicyclic) bond motifs is 1. The van der Waals surface area contributed by atoms with Crippen molar-refractivity contribution in [1.29, 1.82) is 0 Å². The van der Waals surface area contributed by atoms with Crippen LogP contribution in [0.15, 0.2) is 34.9 Å². The van der Waals surface area contributed by atoms with E-state index < -0.39 is 0 Å². The third-order valence-corrected chi connectivity index (χ3v) is 4.55. The SMILES string of the molecule is Cc1noc2nc(-c3ccc(F)cc3)cc(C(=O)N(C)CC(C)(C)CN)c12.Cl. The molecule has 6 nitrogen and oxygen atoms in total. The van der Waals surface area contributed by atoms with Crippen LogP contribution >= 0.6 is 12.4 Å². The quantitative estimate of drug-likeness (QED) is 0.696. The summed E-state index contributed by atoms with van der Waals surface area (Å²) < 4.78 is 18.5. The number of halogens is 2. The van der Waals surface area contributed by atoms with Gasteiger partial charge in [0, 0.05) is 19.2 Å². The molecule has 0 radical (unpaired) electrons. The van der Waals surface area contributed by atoms with E-state index in [2.05, 4.69) is 10.1 Å². The summed E-state index contributed by atoms with van der Waals surface area (Å²) in [7, 11) is 1.74. The topological polar surface area (TPSA) is 85.2 Å². The first-order valence-corrected chi connectivity index (χ1v) is 8.70. The average molecular weight is 407 g/mol. The van der Waals surface area contributed by atoms with Crippen LogP contribution in [0.4, 0.5) is 4.39 Å².